The first-order valence-electron chi connectivity index (χ1n) is 30.7. The van der Waals surface area contributed by atoms with Crippen molar-refractivity contribution in [3.63, 3.8) is 0 Å². The van der Waals surface area contributed by atoms with Crippen LogP contribution in [0.25, 0.3) is 0 Å². The number of rotatable bonds is 23. The molecule has 0 unspecified atom stereocenters. The number of halogens is 3. The summed E-state index contributed by atoms with van der Waals surface area (Å²) in [4.78, 5) is 112. The van der Waals surface area contributed by atoms with Crippen molar-refractivity contribution in [2.24, 2.45) is 11.8 Å². The Balaban J connectivity index is 0.00000138. The van der Waals surface area contributed by atoms with Crippen molar-refractivity contribution in [3.05, 3.63) is 155 Å². The SMILES string of the molecule is CC[C@H](NC)C(=O)N[C@@H]1C(=O)N2[C@@H](CC[C@@H]1CNC(=O)CCc1cn(C[C@H]3CC[C@H]4CC[C@@H](C(=O)NC(c5ccccc5)c5ccccc5)N4C(=O)[C@H]3NC(=O)[C@H](CC)NC)nn1)CC[C@H]2C(=O)NC(c1ccccc1)c1ccccc1.O=C(O)C(F)(F)F. The number of fused-ring (bicyclic) bond motifs is 2. The zero-order valence-electron chi connectivity index (χ0n) is 50.5. The molecule has 5 aromatic rings. The van der Waals surface area contributed by atoms with E-state index in [4.69, 9.17) is 9.90 Å². The van der Waals surface area contributed by atoms with Crippen LogP contribution in [0.3, 0.4) is 0 Å². The van der Waals surface area contributed by atoms with Crippen molar-refractivity contribution in [2.75, 3.05) is 20.6 Å². The largest absolute Gasteiger partial charge is 0.490 e. The van der Waals surface area contributed by atoms with Gasteiger partial charge in [-0.15, -0.1) is 5.10 Å². The highest BCUT2D eigenvalue weighted by Gasteiger charge is 2.50. The van der Waals surface area contributed by atoms with E-state index in [1.165, 1.54) is 0 Å². The Labute approximate surface area is 516 Å². The van der Waals surface area contributed by atoms with E-state index >= 15 is 4.79 Å². The molecular weight excluding hydrogens is 1150 g/mol. The lowest BCUT2D eigenvalue weighted by molar-refractivity contribution is -0.192. The average Bonchev–Trinajstić information content (AvgIpc) is 2.56. The molecule has 24 heteroatoms. The number of hydrogen-bond donors (Lipinski definition) is 8. The highest BCUT2D eigenvalue weighted by molar-refractivity contribution is 5.96. The second kappa shape index (κ2) is 31.1. The molecule has 0 spiro atoms. The summed E-state index contributed by atoms with van der Waals surface area (Å²) in [6, 6.07) is 33.2. The molecule has 7 amide bonds. The average molecular weight is 1230 g/mol. The number of aliphatic carboxylic acids is 1. The minimum atomic E-state index is -5.08. The second-order valence-corrected chi connectivity index (χ2v) is 23.2. The summed E-state index contributed by atoms with van der Waals surface area (Å²) in [5.74, 6) is -5.66. The molecule has 9 rings (SSSR count). The summed E-state index contributed by atoms with van der Waals surface area (Å²) in [6.45, 7) is 4.16. The number of carbonyl (C=O) groups excluding carboxylic acids is 7. The smallest absolute Gasteiger partial charge is 0.475 e. The van der Waals surface area contributed by atoms with Gasteiger partial charge in [-0.1, -0.05) is 140 Å². The highest BCUT2D eigenvalue weighted by Crippen LogP contribution is 2.37. The third-order valence-corrected chi connectivity index (χ3v) is 17.6. The maximum Gasteiger partial charge on any atom is 0.490 e. The molecule has 21 nitrogen and oxygen atoms in total. The predicted octanol–water partition coefficient (Wildman–Crippen LogP) is 5.28. The molecule has 4 aliphatic rings. The van der Waals surface area contributed by atoms with Crippen LogP contribution in [0.15, 0.2) is 128 Å². The number of aryl methyl sites for hydroxylation is 1. The fraction of sp³-hybridized carbons (Fsp3) is 0.477. The van der Waals surface area contributed by atoms with Gasteiger partial charge in [-0.3, -0.25) is 38.2 Å². The van der Waals surface area contributed by atoms with E-state index in [1.54, 1.807) is 34.8 Å². The summed E-state index contributed by atoms with van der Waals surface area (Å²) >= 11 is 0. The zero-order chi connectivity index (χ0) is 63.8. The van der Waals surface area contributed by atoms with Crippen molar-refractivity contribution in [3.8, 4) is 0 Å². The Morgan fingerprint density at radius 1 is 0.584 bits per heavy atom. The molecule has 1 aromatic heterocycles. The summed E-state index contributed by atoms with van der Waals surface area (Å²) in [5.41, 5.74) is 4.22. The number of carboxylic acid groups (broad SMARTS) is 1. The molecule has 89 heavy (non-hydrogen) atoms. The third kappa shape index (κ3) is 16.8. The minimum Gasteiger partial charge on any atom is -0.475 e. The lowest BCUT2D eigenvalue weighted by atomic mass is 9.92. The summed E-state index contributed by atoms with van der Waals surface area (Å²) in [7, 11) is 3.41. The zero-order valence-corrected chi connectivity index (χ0v) is 50.5. The number of likely N-dealkylation sites (N-methyl/N-ethyl adjacent to an activating group) is 2. The van der Waals surface area contributed by atoms with E-state index in [0.29, 0.717) is 69.9 Å². The minimum absolute atomic E-state index is 0.0631. The summed E-state index contributed by atoms with van der Waals surface area (Å²) < 4.78 is 33.4. The van der Waals surface area contributed by atoms with Gasteiger partial charge in [0.15, 0.2) is 0 Å². The molecule has 4 aromatic carbocycles. The number of alkyl halides is 3. The van der Waals surface area contributed by atoms with Crippen LogP contribution < -0.4 is 37.2 Å². The first-order valence-corrected chi connectivity index (χ1v) is 30.7. The molecule has 0 saturated carbocycles. The number of carbonyl (C=O) groups is 8. The number of nitrogens with zero attached hydrogens (tertiary/aromatic N) is 5. The standard InChI is InChI=1S/C63H80N12O7.C2HF3O2/c1-5-49(64-3)58(77)69-56-44(27-30-47-32-34-51(74(47)62(56)81)60(79)67-54(40-19-11-7-12-20-40)41-21-13-8-14-22-41)37-66-53(76)36-29-46-39-73(72-71-46)38-45-28-31-48-33-35-52(75(48)63(82)57(45)70-59(78)50(6-2)65-4)61(80)68-55(42-23-15-9-16-24-42)43-25-17-10-18-26-43;3-2(4,5)1(6)7/h7-26,39,44-45,47-52,54-57,64-65H,5-6,27-38H2,1-4H3,(H,66,76)(H,67,79)(H,68,80)(H,69,77)(H,70,78);(H,6,7)/t44-,45-,47+,48+,49+,50+,51+,52+,56+,57+;/m1./s1. The van der Waals surface area contributed by atoms with Gasteiger partial charge in [0, 0.05) is 56.0 Å². The van der Waals surface area contributed by atoms with Gasteiger partial charge in [0.2, 0.25) is 41.4 Å². The number of carboxylic acids is 1. The molecule has 10 atom stereocenters. The molecule has 4 fully saturated rings. The molecule has 476 valence electrons. The van der Waals surface area contributed by atoms with E-state index in [-0.39, 0.29) is 79.4 Å². The van der Waals surface area contributed by atoms with Gasteiger partial charge in [0.05, 0.1) is 29.9 Å². The fourth-order valence-corrected chi connectivity index (χ4v) is 12.8. The molecule has 5 heterocycles. The van der Waals surface area contributed by atoms with Crippen LogP contribution >= 0.6 is 0 Å². The van der Waals surface area contributed by atoms with Crippen LogP contribution in [-0.4, -0.2) is 152 Å². The van der Waals surface area contributed by atoms with Crippen molar-refractivity contribution in [1.82, 2.24) is 62.0 Å². The molecular formula is C65H81F3N12O9. The second-order valence-electron chi connectivity index (χ2n) is 23.2. The number of nitrogens with one attached hydrogen (secondary N) is 7. The number of amides is 7. The van der Waals surface area contributed by atoms with Gasteiger partial charge >= 0.3 is 12.1 Å². The molecule has 0 radical (unpaired) electrons. The van der Waals surface area contributed by atoms with E-state index < -0.39 is 72.3 Å². The van der Waals surface area contributed by atoms with Crippen molar-refractivity contribution >= 4 is 47.3 Å². The fourth-order valence-electron chi connectivity index (χ4n) is 12.8. The van der Waals surface area contributed by atoms with Gasteiger partial charge in [0.1, 0.15) is 24.2 Å². The normalized spacial score (nSPS) is 22.3. The van der Waals surface area contributed by atoms with Crippen molar-refractivity contribution in [1.29, 1.82) is 0 Å². The topological polar surface area (TPSA) is 278 Å². The van der Waals surface area contributed by atoms with Crippen LogP contribution in [0.2, 0.25) is 0 Å². The Hall–Kier alpha value is -8.51. The molecule has 0 aliphatic carbocycles. The van der Waals surface area contributed by atoms with E-state index in [1.807, 2.05) is 135 Å². The molecule has 0 bridgehead atoms. The maximum absolute atomic E-state index is 15.0. The first-order chi connectivity index (χ1) is 42.8. The van der Waals surface area contributed by atoms with Gasteiger partial charge in [0.25, 0.3) is 0 Å². The van der Waals surface area contributed by atoms with Crippen molar-refractivity contribution in [2.45, 2.75) is 164 Å². The van der Waals surface area contributed by atoms with Crippen LogP contribution in [0, 0.1) is 11.8 Å². The predicted molar refractivity (Wildman–Crippen MR) is 324 cm³/mol. The quantitative estimate of drug-likeness (QED) is 0.0414. The Morgan fingerprint density at radius 3 is 1.35 bits per heavy atom. The maximum atomic E-state index is 15.0. The molecule has 4 saturated heterocycles. The number of aromatic nitrogens is 3. The van der Waals surface area contributed by atoms with Crippen LogP contribution in [0.5, 0.6) is 0 Å². The van der Waals surface area contributed by atoms with Gasteiger partial charge in [-0.05, 0) is 101 Å². The lowest BCUT2D eigenvalue weighted by Gasteiger charge is -2.33. The molecule has 8 N–H and O–H groups in total. The lowest BCUT2D eigenvalue weighted by Crippen LogP contribution is -2.59. The van der Waals surface area contributed by atoms with Crippen LogP contribution in [0.1, 0.15) is 125 Å². The summed E-state index contributed by atoms with van der Waals surface area (Å²) in [6.07, 6.45) is 2.57. The third-order valence-electron chi connectivity index (χ3n) is 17.6. The first kappa shape index (κ1) is 66.4. The summed E-state index contributed by atoms with van der Waals surface area (Å²) in [5, 5.41) is 37.8. The van der Waals surface area contributed by atoms with Gasteiger partial charge < -0.3 is 52.1 Å². The van der Waals surface area contributed by atoms with Gasteiger partial charge in [-0.2, -0.15) is 13.2 Å². The monoisotopic (exact) mass is 1230 g/mol. The Bertz CT molecular complexity index is 3110. The highest BCUT2D eigenvalue weighted by atomic mass is 19.4. The Morgan fingerprint density at radius 2 is 0.966 bits per heavy atom. The van der Waals surface area contributed by atoms with Crippen LogP contribution in [-0.2, 0) is 51.3 Å². The number of hydrogen-bond acceptors (Lipinski definition) is 12. The van der Waals surface area contributed by atoms with E-state index in [0.717, 1.165) is 22.3 Å². The number of benzene rings is 4. The Kier molecular flexibility index (Phi) is 23.2. The van der Waals surface area contributed by atoms with E-state index in [9.17, 15) is 41.9 Å². The van der Waals surface area contributed by atoms with Crippen molar-refractivity contribution < 1.29 is 56.6 Å². The molecule has 4 aliphatic heterocycles. The van der Waals surface area contributed by atoms with Crippen LogP contribution in [0.4, 0.5) is 13.2 Å². The van der Waals surface area contributed by atoms with E-state index in [2.05, 4.69) is 47.5 Å². The van der Waals surface area contributed by atoms with Gasteiger partial charge in [-0.25, -0.2) is 4.79 Å².